The van der Waals surface area contributed by atoms with E-state index in [1.54, 1.807) is 11.8 Å². The fourth-order valence-corrected chi connectivity index (χ4v) is 3.54. The quantitative estimate of drug-likeness (QED) is 0.695. The third-order valence-corrected chi connectivity index (χ3v) is 4.97. The second-order valence-electron chi connectivity index (χ2n) is 5.60. The summed E-state index contributed by atoms with van der Waals surface area (Å²) in [5.41, 5.74) is 10.2. The highest BCUT2D eigenvalue weighted by molar-refractivity contribution is 8.00. The van der Waals surface area contributed by atoms with E-state index >= 15 is 0 Å². The minimum atomic E-state index is 0.150. The van der Waals surface area contributed by atoms with E-state index in [2.05, 4.69) is 31.2 Å². The maximum atomic E-state index is 12.6. The standard InChI is InChI=1S/C18H20N2OS/c1-13-7-9-14(10-8-13)22-12-18(21)20-11-3-4-15-16(19)5-2-6-17(15)20/h2,5-10H,3-4,11-12,19H2,1H3. The normalized spacial score (nSPS) is 13.8. The summed E-state index contributed by atoms with van der Waals surface area (Å²) in [6.45, 7) is 2.85. The summed E-state index contributed by atoms with van der Waals surface area (Å²) in [5.74, 6) is 0.606. The van der Waals surface area contributed by atoms with Crippen molar-refractivity contribution in [3.05, 3.63) is 53.6 Å². The second-order valence-corrected chi connectivity index (χ2v) is 6.64. The number of hydrogen-bond donors (Lipinski definition) is 1. The van der Waals surface area contributed by atoms with Gasteiger partial charge in [-0.15, -0.1) is 11.8 Å². The highest BCUT2D eigenvalue weighted by Crippen LogP contribution is 2.32. The Morgan fingerprint density at radius 1 is 1.23 bits per heavy atom. The van der Waals surface area contributed by atoms with Gasteiger partial charge in [-0.25, -0.2) is 0 Å². The molecule has 0 saturated carbocycles. The van der Waals surface area contributed by atoms with Crippen LogP contribution in [0.5, 0.6) is 0 Å². The lowest BCUT2D eigenvalue weighted by Crippen LogP contribution is -2.36. The predicted octanol–water partition coefficient (Wildman–Crippen LogP) is 3.65. The molecule has 0 bridgehead atoms. The van der Waals surface area contributed by atoms with Crippen LogP contribution in [0.1, 0.15) is 17.5 Å². The first-order valence-corrected chi connectivity index (χ1v) is 8.51. The van der Waals surface area contributed by atoms with Crippen LogP contribution in [-0.2, 0) is 11.2 Å². The van der Waals surface area contributed by atoms with E-state index in [1.165, 1.54) is 5.56 Å². The zero-order valence-electron chi connectivity index (χ0n) is 12.7. The number of aryl methyl sites for hydroxylation is 1. The van der Waals surface area contributed by atoms with Crippen molar-refractivity contribution in [1.82, 2.24) is 0 Å². The number of nitrogens with two attached hydrogens (primary N) is 1. The maximum Gasteiger partial charge on any atom is 0.237 e. The summed E-state index contributed by atoms with van der Waals surface area (Å²) in [4.78, 5) is 15.6. The first-order valence-electron chi connectivity index (χ1n) is 7.52. The lowest BCUT2D eigenvalue weighted by atomic mass is 10.00. The molecule has 2 aromatic rings. The summed E-state index contributed by atoms with van der Waals surface area (Å²) < 4.78 is 0. The van der Waals surface area contributed by atoms with E-state index in [9.17, 15) is 4.79 Å². The second kappa shape index (κ2) is 6.44. The highest BCUT2D eigenvalue weighted by Gasteiger charge is 2.23. The van der Waals surface area contributed by atoms with Gasteiger partial charge in [-0.3, -0.25) is 4.79 Å². The number of rotatable bonds is 3. The molecule has 3 nitrogen and oxygen atoms in total. The monoisotopic (exact) mass is 312 g/mol. The van der Waals surface area contributed by atoms with Gasteiger partial charge in [0.1, 0.15) is 0 Å². The van der Waals surface area contributed by atoms with Gasteiger partial charge in [-0.1, -0.05) is 23.8 Å². The van der Waals surface area contributed by atoms with Crippen LogP contribution in [0.15, 0.2) is 47.4 Å². The molecule has 1 heterocycles. The van der Waals surface area contributed by atoms with Crippen molar-refractivity contribution >= 4 is 29.0 Å². The van der Waals surface area contributed by atoms with Crippen molar-refractivity contribution in [3.63, 3.8) is 0 Å². The van der Waals surface area contributed by atoms with E-state index in [4.69, 9.17) is 5.73 Å². The predicted molar refractivity (Wildman–Crippen MR) is 93.4 cm³/mol. The minimum absolute atomic E-state index is 0.150. The number of benzene rings is 2. The van der Waals surface area contributed by atoms with Crippen molar-refractivity contribution in [2.75, 3.05) is 22.9 Å². The number of nitrogens with zero attached hydrogens (tertiary/aromatic N) is 1. The lowest BCUT2D eigenvalue weighted by Gasteiger charge is -2.30. The van der Waals surface area contributed by atoms with Crippen LogP contribution in [0.2, 0.25) is 0 Å². The molecule has 0 unspecified atom stereocenters. The zero-order valence-corrected chi connectivity index (χ0v) is 13.5. The van der Waals surface area contributed by atoms with Gasteiger partial charge in [0.2, 0.25) is 5.91 Å². The zero-order chi connectivity index (χ0) is 15.5. The van der Waals surface area contributed by atoms with Crippen molar-refractivity contribution < 1.29 is 4.79 Å². The average molecular weight is 312 g/mol. The lowest BCUT2D eigenvalue weighted by molar-refractivity contribution is -0.116. The SMILES string of the molecule is Cc1ccc(SCC(=O)N2CCCc3c(N)cccc32)cc1. The number of anilines is 2. The van der Waals surface area contributed by atoms with Crippen LogP contribution in [-0.4, -0.2) is 18.2 Å². The van der Waals surface area contributed by atoms with Crippen LogP contribution in [0.4, 0.5) is 11.4 Å². The molecule has 3 rings (SSSR count). The molecule has 1 aliphatic heterocycles. The molecule has 1 aliphatic rings. The number of fused-ring (bicyclic) bond motifs is 1. The van der Waals surface area contributed by atoms with Gasteiger partial charge in [0.05, 0.1) is 5.75 Å². The van der Waals surface area contributed by atoms with Gasteiger partial charge in [0.15, 0.2) is 0 Å². The Bertz CT molecular complexity index is 682. The average Bonchev–Trinajstić information content (AvgIpc) is 2.54. The molecule has 0 radical (unpaired) electrons. The summed E-state index contributed by atoms with van der Waals surface area (Å²) >= 11 is 1.59. The van der Waals surface area contributed by atoms with Crippen molar-refractivity contribution in [3.8, 4) is 0 Å². The fraction of sp³-hybridized carbons (Fsp3) is 0.278. The largest absolute Gasteiger partial charge is 0.398 e. The fourth-order valence-electron chi connectivity index (χ4n) is 2.77. The van der Waals surface area contributed by atoms with E-state index < -0.39 is 0 Å². The van der Waals surface area contributed by atoms with Crippen molar-refractivity contribution in [2.24, 2.45) is 0 Å². The molecule has 0 fully saturated rings. The van der Waals surface area contributed by atoms with Gasteiger partial charge in [0, 0.05) is 22.8 Å². The van der Waals surface area contributed by atoms with Crippen LogP contribution in [0.3, 0.4) is 0 Å². The van der Waals surface area contributed by atoms with E-state index in [0.29, 0.717) is 5.75 Å². The summed E-state index contributed by atoms with van der Waals surface area (Å²) in [5, 5.41) is 0. The molecule has 4 heteroatoms. The molecule has 0 spiro atoms. The van der Waals surface area contributed by atoms with Crippen molar-refractivity contribution in [2.45, 2.75) is 24.7 Å². The summed E-state index contributed by atoms with van der Waals surface area (Å²) in [6.07, 6.45) is 1.93. The molecule has 114 valence electrons. The van der Waals surface area contributed by atoms with E-state index in [-0.39, 0.29) is 5.91 Å². The smallest absolute Gasteiger partial charge is 0.237 e. The Balaban J connectivity index is 1.71. The number of thioether (sulfide) groups is 1. The molecular weight excluding hydrogens is 292 g/mol. The molecule has 22 heavy (non-hydrogen) atoms. The maximum absolute atomic E-state index is 12.6. The Morgan fingerprint density at radius 3 is 2.77 bits per heavy atom. The molecule has 0 aromatic heterocycles. The van der Waals surface area contributed by atoms with Gasteiger partial charge in [-0.05, 0) is 49.6 Å². The van der Waals surface area contributed by atoms with Crippen LogP contribution < -0.4 is 10.6 Å². The Labute approximate surface area is 135 Å². The number of hydrogen-bond acceptors (Lipinski definition) is 3. The third kappa shape index (κ3) is 3.12. The molecular formula is C18H20N2OS. The topological polar surface area (TPSA) is 46.3 Å². The van der Waals surface area contributed by atoms with Gasteiger partial charge in [-0.2, -0.15) is 0 Å². The summed E-state index contributed by atoms with van der Waals surface area (Å²) in [7, 11) is 0. The Kier molecular flexibility index (Phi) is 4.39. The van der Waals surface area contributed by atoms with E-state index in [0.717, 1.165) is 41.2 Å². The first-order chi connectivity index (χ1) is 10.6. The molecule has 2 aromatic carbocycles. The summed E-state index contributed by atoms with van der Waals surface area (Å²) in [6, 6.07) is 14.1. The Morgan fingerprint density at radius 2 is 2.00 bits per heavy atom. The van der Waals surface area contributed by atoms with Crippen LogP contribution in [0.25, 0.3) is 0 Å². The number of carbonyl (C=O) groups excluding carboxylic acids is 1. The van der Waals surface area contributed by atoms with Gasteiger partial charge >= 0.3 is 0 Å². The van der Waals surface area contributed by atoms with Crippen LogP contribution in [0, 0.1) is 6.92 Å². The molecule has 0 saturated heterocycles. The molecule has 1 amide bonds. The Hall–Kier alpha value is -1.94. The molecule has 2 N–H and O–H groups in total. The van der Waals surface area contributed by atoms with Gasteiger partial charge in [0.25, 0.3) is 0 Å². The highest BCUT2D eigenvalue weighted by atomic mass is 32.2. The minimum Gasteiger partial charge on any atom is -0.398 e. The number of nitrogen functional groups attached to an aromatic ring is 1. The van der Waals surface area contributed by atoms with E-state index in [1.807, 2.05) is 23.1 Å². The number of amides is 1. The molecule has 0 atom stereocenters. The van der Waals surface area contributed by atoms with Gasteiger partial charge < -0.3 is 10.6 Å². The third-order valence-electron chi connectivity index (χ3n) is 3.97. The van der Waals surface area contributed by atoms with Crippen LogP contribution >= 0.6 is 11.8 Å². The number of carbonyl (C=O) groups is 1. The molecule has 0 aliphatic carbocycles. The van der Waals surface area contributed by atoms with Crippen molar-refractivity contribution in [1.29, 1.82) is 0 Å². The first kappa shape index (κ1) is 15.0.